The third-order valence-electron chi connectivity index (χ3n) is 3.62. The highest BCUT2D eigenvalue weighted by molar-refractivity contribution is 7.98. The fourth-order valence-corrected chi connectivity index (χ4v) is 5.04. The standard InChI is InChI=1S/C12H14N2S2/c1-2-4-11-9(3-1)14-10-7-15-6-5-8(10)13-12(14)16-11/h1-7H2. The first kappa shape index (κ1) is 9.54. The number of fused-ring (bicyclic) bond motifs is 5. The normalized spacial score (nSPS) is 19.8. The summed E-state index contributed by atoms with van der Waals surface area (Å²) in [6.07, 6.45) is 6.45. The lowest BCUT2D eigenvalue weighted by Gasteiger charge is -2.14. The Labute approximate surface area is 103 Å². The highest BCUT2D eigenvalue weighted by atomic mass is 32.2. The lowest BCUT2D eigenvalue weighted by atomic mass is 10.0. The summed E-state index contributed by atoms with van der Waals surface area (Å²) in [5, 5.41) is 0. The minimum Gasteiger partial charge on any atom is -0.290 e. The Morgan fingerprint density at radius 3 is 3.00 bits per heavy atom. The van der Waals surface area contributed by atoms with Crippen LogP contribution in [-0.4, -0.2) is 15.1 Å². The second kappa shape index (κ2) is 3.50. The quantitative estimate of drug-likeness (QED) is 0.715. The number of thioether (sulfide) groups is 1. The number of aromatic nitrogens is 2. The Bertz CT molecular complexity index is 507. The van der Waals surface area contributed by atoms with Crippen molar-refractivity contribution in [2.24, 2.45) is 0 Å². The van der Waals surface area contributed by atoms with Crippen LogP contribution in [0, 0.1) is 0 Å². The van der Waals surface area contributed by atoms with Crippen molar-refractivity contribution in [1.29, 1.82) is 0 Å². The molecule has 4 rings (SSSR count). The van der Waals surface area contributed by atoms with Gasteiger partial charge in [-0.2, -0.15) is 11.8 Å². The molecule has 4 heteroatoms. The number of nitrogens with zero attached hydrogens (tertiary/aromatic N) is 2. The minimum atomic E-state index is 1.17. The summed E-state index contributed by atoms with van der Waals surface area (Å²) in [6, 6.07) is 0. The van der Waals surface area contributed by atoms with Gasteiger partial charge in [0.2, 0.25) is 0 Å². The summed E-state index contributed by atoms with van der Waals surface area (Å²) in [5.41, 5.74) is 4.46. The molecule has 1 aliphatic heterocycles. The summed E-state index contributed by atoms with van der Waals surface area (Å²) in [6.45, 7) is 0. The zero-order valence-electron chi connectivity index (χ0n) is 9.16. The lowest BCUT2D eigenvalue weighted by molar-refractivity contribution is 0.671. The average molecular weight is 250 g/mol. The van der Waals surface area contributed by atoms with Crippen LogP contribution in [-0.2, 0) is 25.0 Å². The van der Waals surface area contributed by atoms with Crippen LogP contribution in [0.25, 0.3) is 4.96 Å². The first-order valence-corrected chi connectivity index (χ1v) is 7.99. The Morgan fingerprint density at radius 1 is 1.06 bits per heavy atom. The second-order valence-electron chi connectivity index (χ2n) is 4.60. The molecule has 0 aromatic carbocycles. The zero-order valence-corrected chi connectivity index (χ0v) is 10.8. The molecule has 2 aliphatic rings. The Hall–Kier alpha value is -0.480. The molecule has 2 nitrogen and oxygen atoms in total. The first-order chi connectivity index (χ1) is 7.93. The summed E-state index contributed by atoms with van der Waals surface area (Å²) in [4.78, 5) is 7.69. The zero-order chi connectivity index (χ0) is 10.5. The van der Waals surface area contributed by atoms with E-state index in [0.29, 0.717) is 0 Å². The van der Waals surface area contributed by atoms with Gasteiger partial charge in [0.1, 0.15) is 0 Å². The largest absolute Gasteiger partial charge is 0.290 e. The maximum absolute atomic E-state index is 4.83. The van der Waals surface area contributed by atoms with Gasteiger partial charge in [-0.25, -0.2) is 4.98 Å². The Kier molecular flexibility index (Phi) is 2.09. The number of aryl methyl sites for hydroxylation is 3. The van der Waals surface area contributed by atoms with E-state index in [1.165, 1.54) is 60.0 Å². The van der Waals surface area contributed by atoms with Crippen molar-refractivity contribution >= 4 is 28.1 Å². The third kappa shape index (κ3) is 1.23. The lowest BCUT2D eigenvalue weighted by Crippen LogP contribution is -2.08. The monoisotopic (exact) mass is 250 g/mol. The predicted molar refractivity (Wildman–Crippen MR) is 69.6 cm³/mol. The molecular weight excluding hydrogens is 236 g/mol. The number of hydrogen-bond acceptors (Lipinski definition) is 3. The molecule has 0 saturated carbocycles. The van der Waals surface area contributed by atoms with Crippen molar-refractivity contribution in [2.45, 2.75) is 37.9 Å². The van der Waals surface area contributed by atoms with E-state index in [0.717, 1.165) is 0 Å². The number of imidazole rings is 1. The van der Waals surface area contributed by atoms with Gasteiger partial charge >= 0.3 is 0 Å². The van der Waals surface area contributed by atoms with E-state index in [1.54, 1.807) is 10.6 Å². The van der Waals surface area contributed by atoms with E-state index in [4.69, 9.17) is 4.98 Å². The number of thiazole rings is 1. The Morgan fingerprint density at radius 2 is 2.00 bits per heavy atom. The minimum absolute atomic E-state index is 1.17. The van der Waals surface area contributed by atoms with Crippen molar-refractivity contribution in [3.63, 3.8) is 0 Å². The van der Waals surface area contributed by atoms with Gasteiger partial charge in [0.15, 0.2) is 4.96 Å². The summed E-state index contributed by atoms with van der Waals surface area (Å²) < 4.78 is 2.49. The van der Waals surface area contributed by atoms with Crippen LogP contribution in [0.2, 0.25) is 0 Å². The third-order valence-corrected chi connectivity index (χ3v) is 5.73. The van der Waals surface area contributed by atoms with Gasteiger partial charge in [0.05, 0.1) is 11.4 Å². The molecule has 2 aromatic rings. The maximum Gasteiger partial charge on any atom is 0.194 e. The predicted octanol–water partition coefficient (Wildman–Crippen LogP) is 3.06. The molecule has 0 fully saturated rings. The van der Waals surface area contributed by atoms with Gasteiger partial charge < -0.3 is 0 Å². The van der Waals surface area contributed by atoms with Crippen LogP contribution in [0.15, 0.2) is 0 Å². The highest BCUT2D eigenvalue weighted by Crippen LogP contribution is 2.34. The van der Waals surface area contributed by atoms with E-state index in [-0.39, 0.29) is 0 Å². The van der Waals surface area contributed by atoms with Crippen LogP contribution in [0.5, 0.6) is 0 Å². The average Bonchev–Trinajstić information content (AvgIpc) is 2.83. The maximum atomic E-state index is 4.83. The number of rotatable bonds is 0. The molecule has 0 amide bonds. The molecule has 0 N–H and O–H groups in total. The highest BCUT2D eigenvalue weighted by Gasteiger charge is 2.23. The van der Waals surface area contributed by atoms with E-state index in [1.807, 2.05) is 11.3 Å². The van der Waals surface area contributed by atoms with Crippen LogP contribution < -0.4 is 0 Å². The number of hydrogen-bond donors (Lipinski definition) is 0. The summed E-state index contributed by atoms with van der Waals surface area (Å²) >= 11 is 3.99. The molecule has 0 unspecified atom stereocenters. The van der Waals surface area contributed by atoms with E-state index in [2.05, 4.69) is 16.2 Å². The van der Waals surface area contributed by atoms with Crippen LogP contribution in [0.1, 0.15) is 34.8 Å². The van der Waals surface area contributed by atoms with Gasteiger partial charge in [-0.15, -0.1) is 11.3 Å². The molecular formula is C12H14N2S2. The van der Waals surface area contributed by atoms with Gasteiger partial charge in [-0.1, -0.05) is 0 Å². The van der Waals surface area contributed by atoms with Gasteiger partial charge in [-0.3, -0.25) is 4.40 Å². The molecule has 0 spiro atoms. The molecule has 0 bridgehead atoms. The van der Waals surface area contributed by atoms with Gasteiger partial charge in [-0.05, 0) is 31.4 Å². The van der Waals surface area contributed by atoms with Gasteiger partial charge in [0.25, 0.3) is 0 Å². The van der Waals surface area contributed by atoms with Crippen LogP contribution in [0.3, 0.4) is 0 Å². The fourth-order valence-electron chi connectivity index (χ4n) is 2.83. The Balaban J connectivity index is 2.01. The SMILES string of the molecule is C1CCc2c(sc3nc4c(n23)CSCC4)C1. The van der Waals surface area contributed by atoms with Crippen LogP contribution >= 0.6 is 23.1 Å². The second-order valence-corrected chi connectivity index (χ2v) is 6.77. The van der Waals surface area contributed by atoms with Crippen LogP contribution in [0.4, 0.5) is 0 Å². The van der Waals surface area contributed by atoms with E-state index >= 15 is 0 Å². The first-order valence-electron chi connectivity index (χ1n) is 6.02. The van der Waals surface area contributed by atoms with E-state index in [9.17, 15) is 0 Å². The molecule has 2 aromatic heterocycles. The smallest absolute Gasteiger partial charge is 0.194 e. The van der Waals surface area contributed by atoms with Crippen molar-refractivity contribution in [1.82, 2.24) is 9.38 Å². The van der Waals surface area contributed by atoms with Crippen molar-refractivity contribution in [3.8, 4) is 0 Å². The van der Waals surface area contributed by atoms with Crippen molar-refractivity contribution in [3.05, 3.63) is 22.0 Å². The molecule has 84 valence electrons. The fraction of sp³-hybridized carbons (Fsp3) is 0.583. The topological polar surface area (TPSA) is 17.3 Å². The van der Waals surface area contributed by atoms with Gasteiger partial charge in [0, 0.05) is 22.7 Å². The molecule has 3 heterocycles. The summed E-state index contributed by atoms with van der Waals surface area (Å²) in [5.74, 6) is 2.42. The molecule has 0 atom stereocenters. The molecule has 1 aliphatic carbocycles. The van der Waals surface area contributed by atoms with Crippen molar-refractivity contribution in [2.75, 3.05) is 5.75 Å². The molecule has 16 heavy (non-hydrogen) atoms. The van der Waals surface area contributed by atoms with E-state index < -0.39 is 0 Å². The van der Waals surface area contributed by atoms with Crippen molar-refractivity contribution < 1.29 is 0 Å². The molecule has 0 radical (unpaired) electrons. The summed E-state index contributed by atoms with van der Waals surface area (Å²) in [7, 11) is 0. The molecule has 0 saturated heterocycles.